The number of anilines is 1. The zero-order chi connectivity index (χ0) is 23.8. The van der Waals surface area contributed by atoms with Gasteiger partial charge in [-0.15, -0.1) is 0 Å². The van der Waals surface area contributed by atoms with Crippen LogP contribution in [0.1, 0.15) is 47.5 Å². The first-order valence-electron chi connectivity index (χ1n) is 11.1. The highest BCUT2D eigenvalue weighted by Crippen LogP contribution is 2.42. The molecule has 34 heavy (non-hydrogen) atoms. The van der Waals surface area contributed by atoms with E-state index in [-0.39, 0.29) is 17.1 Å². The zero-order valence-corrected chi connectivity index (χ0v) is 20.7. The lowest BCUT2D eigenvalue weighted by molar-refractivity contribution is 0.0971. The first kappa shape index (κ1) is 22.7. The third-order valence-corrected chi connectivity index (χ3v) is 6.66. The van der Waals surface area contributed by atoms with Crippen molar-refractivity contribution in [3.05, 3.63) is 103 Å². The number of hydrogen-bond acceptors (Lipinski definition) is 4. The van der Waals surface area contributed by atoms with Gasteiger partial charge in [0, 0.05) is 15.2 Å². The Morgan fingerprint density at radius 3 is 2.47 bits per heavy atom. The molecular formula is C27H21BrClNO4. The molecule has 0 saturated carbocycles. The number of ether oxygens (including phenoxy) is 1. The van der Waals surface area contributed by atoms with Gasteiger partial charge in [-0.25, -0.2) is 0 Å². The molecular weight excluding hydrogens is 518 g/mol. The van der Waals surface area contributed by atoms with E-state index in [2.05, 4.69) is 22.9 Å². The first-order valence-corrected chi connectivity index (χ1v) is 12.2. The number of halogens is 2. The molecule has 172 valence electrons. The second-order valence-corrected chi connectivity index (χ2v) is 9.49. The van der Waals surface area contributed by atoms with Crippen molar-refractivity contribution in [2.75, 3.05) is 11.5 Å². The molecule has 1 aliphatic rings. The van der Waals surface area contributed by atoms with E-state index < -0.39 is 6.04 Å². The topological polar surface area (TPSA) is 59.8 Å². The van der Waals surface area contributed by atoms with Gasteiger partial charge in [0.15, 0.2) is 5.43 Å². The van der Waals surface area contributed by atoms with Gasteiger partial charge in [-0.3, -0.25) is 14.5 Å². The summed E-state index contributed by atoms with van der Waals surface area (Å²) in [6, 6.07) is 19.1. The van der Waals surface area contributed by atoms with E-state index >= 15 is 0 Å². The van der Waals surface area contributed by atoms with Crippen LogP contribution in [0.25, 0.3) is 11.0 Å². The fraction of sp³-hybridized carbons (Fsp3) is 0.185. The van der Waals surface area contributed by atoms with Crippen molar-refractivity contribution in [2.45, 2.75) is 25.8 Å². The van der Waals surface area contributed by atoms with Crippen LogP contribution in [-0.4, -0.2) is 12.5 Å². The Balaban J connectivity index is 1.67. The van der Waals surface area contributed by atoms with Crippen LogP contribution in [-0.2, 0) is 0 Å². The van der Waals surface area contributed by atoms with Crippen molar-refractivity contribution in [3.8, 4) is 5.75 Å². The maximum Gasteiger partial charge on any atom is 0.295 e. The molecule has 1 unspecified atom stereocenters. The molecule has 0 aliphatic carbocycles. The van der Waals surface area contributed by atoms with Crippen molar-refractivity contribution in [1.82, 2.24) is 0 Å². The predicted molar refractivity (Wildman–Crippen MR) is 137 cm³/mol. The van der Waals surface area contributed by atoms with Crippen LogP contribution in [0.5, 0.6) is 5.75 Å². The maximum atomic E-state index is 13.6. The van der Waals surface area contributed by atoms with Gasteiger partial charge in [-0.05, 0) is 66.6 Å². The fourth-order valence-electron chi connectivity index (χ4n) is 4.21. The summed E-state index contributed by atoms with van der Waals surface area (Å²) >= 11 is 9.60. The first-order chi connectivity index (χ1) is 16.5. The quantitative estimate of drug-likeness (QED) is 0.245. The minimum Gasteiger partial charge on any atom is -0.494 e. The molecule has 1 atom stereocenters. The standard InChI is InChI=1S/C27H21BrClNO4/c1-2-3-14-33-20-11-4-16(5-12-20)24-23-25(31)21-15-18(29)8-13-22(21)34-26(23)27(32)30(24)19-9-6-17(28)7-10-19/h4-13,15,24H,2-3,14H2,1H3. The Kier molecular flexibility index (Phi) is 6.19. The largest absolute Gasteiger partial charge is 0.494 e. The van der Waals surface area contributed by atoms with E-state index in [0.29, 0.717) is 33.8 Å². The Hall–Kier alpha value is -3.09. The van der Waals surface area contributed by atoms with Gasteiger partial charge in [0.2, 0.25) is 5.76 Å². The van der Waals surface area contributed by atoms with Crippen LogP contribution >= 0.6 is 27.5 Å². The lowest BCUT2D eigenvalue weighted by atomic mass is 9.98. The number of carbonyl (C=O) groups is 1. The van der Waals surface area contributed by atoms with Gasteiger partial charge in [0.05, 0.1) is 23.6 Å². The van der Waals surface area contributed by atoms with E-state index in [4.69, 9.17) is 20.8 Å². The highest BCUT2D eigenvalue weighted by Gasteiger charge is 2.43. The van der Waals surface area contributed by atoms with Crippen molar-refractivity contribution in [3.63, 3.8) is 0 Å². The lowest BCUT2D eigenvalue weighted by Crippen LogP contribution is -2.29. The normalized spacial score (nSPS) is 15.1. The lowest BCUT2D eigenvalue weighted by Gasteiger charge is -2.25. The summed E-state index contributed by atoms with van der Waals surface area (Å²) in [5.74, 6) is 0.435. The van der Waals surface area contributed by atoms with Crippen molar-refractivity contribution < 1.29 is 13.9 Å². The van der Waals surface area contributed by atoms with Gasteiger partial charge >= 0.3 is 0 Å². The van der Waals surface area contributed by atoms with E-state index in [1.807, 2.05) is 48.5 Å². The summed E-state index contributed by atoms with van der Waals surface area (Å²) in [5, 5.41) is 0.778. The molecule has 0 spiro atoms. The molecule has 0 bridgehead atoms. The number of amides is 1. The second kappa shape index (κ2) is 9.28. The monoisotopic (exact) mass is 537 g/mol. The average molecular weight is 539 g/mol. The Labute approximate surface area is 210 Å². The van der Waals surface area contributed by atoms with E-state index in [1.54, 1.807) is 23.1 Å². The number of fused-ring (bicyclic) bond motifs is 2. The minimum absolute atomic E-state index is 0.0519. The Morgan fingerprint density at radius 2 is 1.76 bits per heavy atom. The summed E-state index contributed by atoms with van der Waals surface area (Å²) in [6.07, 6.45) is 2.02. The molecule has 0 fully saturated rings. The third-order valence-electron chi connectivity index (χ3n) is 5.90. The van der Waals surface area contributed by atoms with Crippen LogP contribution < -0.4 is 15.1 Å². The van der Waals surface area contributed by atoms with Crippen molar-refractivity contribution in [2.24, 2.45) is 0 Å². The Bertz CT molecular complexity index is 1430. The minimum atomic E-state index is -0.645. The highest BCUT2D eigenvalue weighted by atomic mass is 79.9. The number of hydrogen-bond donors (Lipinski definition) is 0. The van der Waals surface area contributed by atoms with Gasteiger partial charge in [0.1, 0.15) is 11.3 Å². The summed E-state index contributed by atoms with van der Waals surface area (Å²) in [5.41, 5.74) is 1.82. The molecule has 7 heteroatoms. The molecule has 0 saturated heterocycles. The SMILES string of the molecule is CCCCOc1ccc(C2c3c(oc4ccc(Cl)cc4c3=O)C(=O)N2c2ccc(Br)cc2)cc1. The zero-order valence-electron chi connectivity index (χ0n) is 18.4. The van der Waals surface area contributed by atoms with Crippen LogP contribution in [0.15, 0.2) is 80.4 Å². The fourth-order valence-corrected chi connectivity index (χ4v) is 4.65. The molecule has 3 aromatic carbocycles. The third kappa shape index (κ3) is 4.01. The predicted octanol–water partition coefficient (Wildman–Crippen LogP) is 7.14. The molecule has 5 rings (SSSR count). The van der Waals surface area contributed by atoms with Gasteiger partial charge < -0.3 is 9.15 Å². The molecule has 0 N–H and O–H groups in total. The molecule has 2 heterocycles. The molecule has 1 aliphatic heterocycles. The van der Waals surface area contributed by atoms with Crippen LogP contribution in [0.2, 0.25) is 5.02 Å². The molecule has 1 aromatic heterocycles. The summed E-state index contributed by atoms with van der Waals surface area (Å²) in [4.78, 5) is 28.9. The number of nitrogens with zero attached hydrogens (tertiary/aromatic N) is 1. The van der Waals surface area contributed by atoms with Gasteiger partial charge in [0.25, 0.3) is 5.91 Å². The van der Waals surface area contributed by atoms with E-state index in [0.717, 1.165) is 28.6 Å². The second-order valence-electron chi connectivity index (χ2n) is 8.14. The number of unbranched alkanes of at least 4 members (excludes halogenated alkanes) is 1. The molecule has 1 amide bonds. The average Bonchev–Trinajstić information content (AvgIpc) is 3.13. The maximum absolute atomic E-state index is 13.6. The molecule has 0 radical (unpaired) electrons. The number of rotatable bonds is 6. The smallest absolute Gasteiger partial charge is 0.295 e. The summed E-state index contributed by atoms with van der Waals surface area (Å²) in [6.45, 7) is 2.75. The van der Waals surface area contributed by atoms with Crippen LogP contribution in [0, 0.1) is 0 Å². The molecule has 4 aromatic rings. The van der Waals surface area contributed by atoms with Crippen molar-refractivity contribution in [1.29, 1.82) is 0 Å². The number of benzene rings is 3. The molecule has 5 nitrogen and oxygen atoms in total. The van der Waals surface area contributed by atoms with E-state index in [9.17, 15) is 9.59 Å². The Morgan fingerprint density at radius 1 is 1.03 bits per heavy atom. The van der Waals surface area contributed by atoms with Crippen LogP contribution in [0.3, 0.4) is 0 Å². The van der Waals surface area contributed by atoms with Crippen LogP contribution in [0.4, 0.5) is 5.69 Å². The summed E-state index contributed by atoms with van der Waals surface area (Å²) < 4.78 is 12.7. The number of carbonyl (C=O) groups excluding carboxylic acids is 1. The van der Waals surface area contributed by atoms with E-state index in [1.165, 1.54) is 0 Å². The van der Waals surface area contributed by atoms with Crippen molar-refractivity contribution >= 4 is 50.1 Å². The van der Waals surface area contributed by atoms with Gasteiger partial charge in [-0.1, -0.05) is 53.0 Å². The van der Waals surface area contributed by atoms with Gasteiger partial charge in [-0.2, -0.15) is 0 Å². The highest BCUT2D eigenvalue weighted by molar-refractivity contribution is 9.10. The summed E-state index contributed by atoms with van der Waals surface area (Å²) in [7, 11) is 0.